The molecule has 0 aromatic heterocycles. The van der Waals surface area contributed by atoms with Crippen LogP contribution in [0.2, 0.25) is 0 Å². The van der Waals surface area contributed by atoms with Crippen LogP contribution in [0.15, 0.2) is 72.8 Å². The molecule has 0 aliphatic rings. The molecule has 0 spiro atoms. The SMILES string of the molecule is CC(C)(C)c1ccc(C(=O)Nc2cccc(NC(=O)Cc3ccc(F)cc3)c2)cc1. The Kier molecular flexibility index (Phi) is 6.31. The third-order valence-electron chi connectivity index (χ3n) is 4.70. The van der Waals surface area contributed by atoms with Crippen molar-refractivity contribution >= 4 is 23.2 Å². The fourth-order valence-electron chi connectivity index (χ4n) is 2.99. The van der Waals surface area contributed by atoms with Gasteiger partial charge in [0.05, 0.1) is 6.42 Å². The van der Waals surface area contributed by atoms with Gasteiger partial charge >= 0.3 is 0 Å². The highest BCUT2D eigenvalue weighted by Crippen LogP contribution is 2.23. The molecule has 0 aliphatic carbocycles. The summed E-state index contributed by atoms with van der Waals surface area (Å²) in [6.45, 7) is 6.37. The van der Waals surface area contributed by atoms with Crippen molar-refractivity contribution in [2.75, 3.05) is 10.6 Å². The Bertz CT molecular complexity index is 1040. The molecule has 2 amide bonds. The molecule has 4 nitrogen and oxygen atoms in total. The molecule has 0 unspecified atom stereocenters. The molecule has 0 bridgehead atoms. The lowest BCUT2D eigenvalue weighted by atomic mass is 9.87. The molecule has 0 heterocycles. The third-order valence-corrected chi connectivity index (χ3v) is 4.70. The van der Waals surface area contributed by atoms with Crippen LogP contribution < -0.4 is 10.6 Å². The van der Waals surface area contributed by atoms with Crippen LogP contribution in [0.1, 0.15) is 42.3 Å². The number of carbonyl (C=O) groups excluding carboxylic acids is 2. The van der Waals surface area contributed by atoms with E-state index in [1.54, 1.807) is 36.4 Å². The van der Waals surface area contributed by atoms with E-state index in [-0.39, 0.29) is 29.5 Å². The average Bonchev–Trinajstić information content (AvgIpc) is 2.69. The predicted molar refractivity (Wildman–Crippen MR) is 118 cm³/mol. The van der Waals surface area contributed by atoms with Crippen LogP contribution in [-0.2, 0) is 16.6 Å². The van der Waals surface area contributed by atoms with Gasteiger partial charge < -0.3 is 10.6 Å². The van der Waals surface area contributed by atoms with Crippen molar-refractivity contribution < 1.29 is 14.0 Å². The fraction of sp³-hybridized carbons (Fsp3) is 0.200. The molecule has 0 saturated heterocycles. The Balaban J connectivity index is 1.62. The summed E-state index contributed by atoms with van der Waals surface area (Å²) in [5.74, 6) is -0.774. The molecule has 0 saturated carbocycles. The first-order chi connectivity index (χ1) is 14.2. The molecule has 5 heteroatoms. The summed E-state index contributed by atoms with van der Waals surface area (Å²) in [6.07, 6.45) is 0.136. The van der Waals surface area contributed by atoms with Crippen LogP contribution in [0.3, 0.4) is 0 Å². The smallest absolute Gasteiger partial charge is 0.255 e. The van der Waals surface area contributed by atoms with E-state index in [0.717, 1.165) is 11.1 Å². The van der Waals surface area contributed by atoms with Crippen molar-refractivity contribution in [3.8, 4) is 0 Å². The normalized spacial score (nSPS) is 11.1. The first-order valence-electron chi connectivity index (χ1n) is 9.77. The van der Waals surface area contributed by atoms with Crippen molar-refractivity contribution in [1.29, 1.82) is 0 Å². The molecule has 30 heavy (non-hydrogen) atoms. The second-order valence-electron chi connectivity index (χ2n) is 8.21. The number of halogens is 1. The maximum atomic E-state index is 13.0. The first kappa shape index (κ1) is 21.2. The second kappa shape index (κ2) is 8.91. The highest BCUT2D eigenvalue weighted by atomic mass is 19.1. The van der Waals surface area contributed by atoms with Gasteiger partial charge in [0.1, 0.15) is 5.82 Å². The average molecular weight is 404 g/mol. The minimum atomic E-state index is -0.337. The lowest BCUT2D eigenvalue weighted by Crippen LogP contribution is -2.16. The fourth-order valence-corrected chi connectivity index (χ4v) is 2.99. The van der Waals surface area contributed by atoms with Crippen molar-refractivity contribution in [2.24, 2.45) is 0 Å². The van der Waals surface area contributed by atoms with Crippen molar-refractivity contribution in [3.05, 3.63) is 95.3 Å². The van der Waals surface area contributed by atoms with Crippen LogP contribution in [0, 0.1) is 5.82 Å². The molecule has 154 valence electrons. The van der Waals surface area contributed by atoms with Gasteiger partial charge in [0.2, 0.25) is 5.91 Å². The van der Waals surface area contributed by atoms with E-state index in [1.165, 1.54) is 12.1 Å². The molecule has 0 atom stereocenters. The van der Waals surface area contributed by atoms with E-state index in [0.29, 0.717) is 16.9 Å². The van der Waals surface area contributed by atoms with Crippen LogP contribution in [0.25, 0.3) is 0 Å². The van der Waals surface area contributed by atoms with Crippen LogP contribution in [0.4, 0.5) is 15.8 Å². The lowest BCUT2D eigenvalue weighted by Gasteiger charge is -2.19. The Labute approximate surface area is 176 Å². The van der Waals surface area contributed by atoms with Crippen molar-refractivity contribution in [3.63, 3.8) is 0 Å². The Morgan fingerprint density at radius 3 is 2.03 bits per heavy atom. The number of anilines is 2. The van der Waals surface area contributed by atoms with Crippen molar-refractivity contribution in [2.45, 2.75) is 32.6 Å². The first-order valence-corrected chi connectivity index (χ1v) is 9.77. The van der Waals surface area contributed by atoms with Gasteiger partial charge in [-0.15, -0.1) is 0 Å². The zero-order valence-corrected chi connectivity index (χ0v) is 17.3. The maximum absolute atomic E-state index is 13.0. The number of benzene rings is 3. The van der Waals surface area contributed by atoms with Crippen LogP contribution in [0.5, 0.6) is 0 Å². The van der Waals surface area contributed by atoms with Gasteiger partial charge in [-0.2, -0.15) is 0 Å². The number of rotatable bonds is 5. The monoisotopic (exact) mass is 404 g/mol. The van der Waals surface area contributed by atoms with Gasteiger partial charge in [-0.3, -0.25) is 9.59 Å². The Hall–Kier alpha value is -3.47. The van der Waals surface area contributed by atoms with Gasteiger partial charge in [-0.05, 0) is 59.0 Å². The summed E-state index contributed by atoms with van der Waals surface area (Å²) in [6, 6.07) is 20.3. The number of nitrogens with one attached hydrogen (secondary N) is 2. The minimum absolute atomic E-state index is 0.0233. The van der Waals surface area contributed by atoms with Gasteiger partial charge in [-0.25, -0.2) is 4.39 Å². The molecule has 2 N–H and O–H groups in total. The van der Waals surface area contributed by atoms with E-state index in [1.807, 2.05) is 24.3 Å². The van der Waals surface area contributed by atoms with E-state index in [9.17, 15) is 14.0 Å². The molecule has 3 aromatic rings. The molecular formula is C25H25FN2O2. The van der Waals surface area contributed by atoms with E-state index < -0.39 is 0 Å². The van der Waals surface area contributed by atoms with Crippen LogP contribution >= 0.6 is 0 Å². The molecule has 0 radical (unpaired) electrons. The Morgan fingerprint density at radius 2 is 1.43 bits per heavy atom. The number of carbonyl (C=O) groups is 2. The largest absolute Gasteiger partial charge is 0.326 e. The number of amides is 2. The summed E-state index contributed by atoms with van der Waals surface area (Å²) in [5, 5.41) is 5.65. The summed E-state index contributed by atoms with van der Waals surface area (Å²) in [5.41, 5.74) is 3.62. The lowest BCUT2D eigenvalue weighted by molar-refractivity contribution is -0.115. The molecule has 3 aromatic carbocycles. The highest BCUT2D eigenvalue weighted by Gasteiger charge is 2.14. The zero-order valence-electron chi connectivity index (χ0n) is 17.3. The van der Waals surface area contributed by atoms with Gasteiger partial charge in [0.25, 0.3) is 5.91 Å². The topological polar surface area (TPSA) is 58.2 Å². The van der Waals surface area contributed by atoms with Gasteiger partial charge in [0.15, 0.2) is 0 Å². The highest BCUT2D eigenvalue weighted by molar-refractivity contribution is 6.04. The van der Waals surface area contributed by atoms with Gasteiger partial charge in [0, 0.05) is 16.9 Å². The summed E-state index contributed by atoms with van der Waals surface area (Å²) in [4.78, 5) is 24.8. The molecule has 0 fully saturated rings. The van der Waals surface area contributed by atoms with E-state index in [2.05, 4.69) is 31.4 Å². The summed E-state index contributed by atoms with van der Waals surface area (Å²) >= 11 is 0. The molecule has 3 rings (SSSR count). The van der Waals surface area contributed by atoms with Crippen LogP contribution in [-0.4, -0.2) is 11.8 Å². The second-order valence-corrected chi connectivity index (χ2v) is 8.21. The predicted octanol–water partition coefficient (Wildman–Crippen LogP) is 5.56. The number of hydrogen-bond donors (Lipinski definition) is 2. The van der Waals surface area contributed by atoms with Gasteiger partial charge in [-0.1, -0.05) is 51.1 Å². The minimum Gasteiger partial charge on any atom is -0.326 e. The Morgan fingerprint density at radius 1 is 0.833 bits per heavy atom. The maximum Gasteiger partial charge on any atom is 0.255 e. The summed E-state index contributed by atoms with van der Waals surface area (Å²) < 4.78 is 13.0. The van der Waals surface area contributed by atoms with Crippen molar-refractivity contribution in [1.82, 2.24) is 0 Å². The molecular weight excluding hydrogens is 379 g/mol. The zero-order chi connectivity index (χ0) is 21.7. The van der Waals surface area contributed by atoms with E-state index >= 15 is 0 Å². The summed E-state index contributed by atoms with van der Waals surface area (Å²) in [7, 11) is 0. The van der Waals surface area contributed by atoms with E-state index in [4.69, 9.17) is 0 Å². The standard InChI is InChI=1S/C25H25FN2O2/c1-25(2,3)19-11-9-18(10-12-19)24(30)28-22-6-4-5-21(16-22)27-23(29)15-17-7-13-20(26)14-8-17/h4-14,16H,15H2,1-3H3,(H,27,29)(H,28,30). The number of hydrogen-bond acceptors (Lipinski definition) is 2. The third kappa shape index (κ3) is 5.77. The quantitative estimate of drug-likeness (QED) is 0.585. The molecule has 0 aliphatic heterocycles.